The van der Waals surface area contributed by atoms with E-state index in [9.17, 15) is 5.26 Å². The second-order valence-corrected chi connectivity index (χ2v) is 5.45. The van der Waals surface area contributed by atoms with Crippen molar-refractivity contribution < 1.29 is 0 Å². The van der Waals surface area contributed by atoms with E-state index in [2.05, 4.69) is 21.2 Å². The molecule has 2 aromatic rings. The molecular weight excluding hydrogens is 262 g/mol. The van der Waals surface area contributed by atoms with Gasteiger partial charge in [-0.1, -0.05) is 18.2 Å². The Kier molecular flexibility index (Phi) is 3.98. The third-order valence-electron chi connectivity index (χ3n) is 4.16. The van der Waals surface area contributed by atoms with Gasteiger partial charge in [-0.25, -0.2) is 0 Å². The van der Waals surface area contributed by atoms with Crippen LogP contribution in [-0.2, 0) is 0 Å². The zero-order chi connectivity index (χ0) is 14.7. The summed E-state index contributed by atoms with van der Waals surface area (Å²) in [6.07, 6.45) is 4.43. The van der Waals surface area contributed by atoms with Crippen LogP contribution in [0.15, 0.2) is 24.3 Å². The Morgan fingerprint density at radius 1 is 1.29 bits per heavy atom. The maximum absolute atomic E-state index is 9.42. The normalized spacial score (nSPS) is 18.7. The lowest BCUT2D eigenvalue weighted by molar-refractivity contribution is 0.442. The van der Waals surface area contributed by atoms with Gasteiger partial charge in [-0.2, -0.15) is 5.26 Å². The van der Waals surface area contributed by atoms with Crippen LogP contribution < -0.4 is 10.6 Å². The van der Waals surface area contributed by atoms with Crippen LogP contribution >= 0.6 is 0 Å². The van der Waals surface area contributed by atoms with Crippen molar-refractivity contribution in [3.63, 3.8) is 0 Å². The molecule has 1 atom stereocenters. The molecule has 1 aliphatic heterocycles. The highest BCUT2D eigenvalue weighted by Crippen LogP contribution is 2.33. The lowest BCUT2D eigenvalue weighted by Crippen LogP contribution is -2.41. The molecule has 5 heteroatoms. The number of anilines is 1. The molecule has 1 fully saturated rings. The molecule has 5 nitrogen and oxygen atoms in total. The first-order valence-corrected chi connectivity index (χ1v) is 7.47. The van der Waals surface area contributed by atoms with Gasteiger partial charge in [0.15, 0.2) is 5.69 Å². The Morgan fingerprint density at radius 2 is 2.14 bits per heavy atom. The third-order valence-corrected chi connectivity index (χ3v) is 4.16. The number of hydrogen-bond acceptors (Lipinski definition) is 5. The first-order chi connectivity index (χ1) is 10.3. The van der Waals surface area contributed by atoms with Crippen LogP contribution in [0.25, 0.3) is 10.9 Å². The lowest BCUT2D eigenvalue weighted by atomic mass is 9.97. The highest BCUT2D eigenvalue weighted by Gasteiger charge is 2.26. The van der Waals surface area contributed by atoms with E-state index in [0.29, 0.717) is 18.3 Å². The molecule has 0 amide bonds. The first-order valence-electron chi connectivity index (χ1n) is 7.47. The van der Waals surface area contributed by atoms with Crippen LogP contribution in [0, 0.1) is 11.3 Å². The van der Waals surface area contributed by atoms with Gasteiger partial charge in [0.25, 0.3) is 0 Å². The SMILES string of the molecule is N#Cc1nnc2ccccc2c1N1CCCCC1CCN. The van der Waals surface area contributed by atoms with Crippen LogP contribution in [0.3, 0.4) is 0 Å². The third kappa shape index (κ3) is 2.55. The first kappa shape index (κ1) is 13.8. The largest absolute Gasteiger partial charge is 0.366 e. The topological polar surface area (TPSA) is 78.8 Å². The van der Waals surface area contributed by atoms with E-state index in [1.165, 1.54) is 6.42 Å². The van der Waals surface area contributed by atoms with Crippen molar-refractivity contribution in [1.82, 2.24) is 10.2 Å². The second-order valence-electron chi connectivity index (χ2n) is 5.45. The lowest BCUT2D eigenvalue weighted by Gasteiger charge is -2.38. The predicted octanol–water partition coefficient (Wildman–Crippen LogP) is 2.21. The Bertz CT molecular complexity index is 674. The summed E-state index contributed by atoms with van der Waals surface area (Å²) in [7, 11) is 0. The van der Waals surface area contributed by atoms with E-state index in [1.54, 1.807) is 0 Å². The predicted molar refractivity (Wildman–Crippen MR) is 82.9 cm³/mol. The summed E-state index contributed by atoms with van der Waals surface area (Å²) in [4.78, 5) is 2.33. The molecule has 0 saturated carbocycles. The highest BCUT2D eigenvalue weighted by atomic mass is 15.2. The van der Waals surface area contributed by atoms with Gasteiger partial charge in [0.05, 0.1) is 11.2 Å². The van der Waals surface area contributed by atoms with Gasteiger partial charge in [0.1, 0.15) is 6.07 Å². The molecule has 1 saturated heterocycles. The maximum Gasteiger partial charge on any atom is 0.187 e. The van der Waals surface area contributed by atoms with Crippen molar-refractivity contribution in [3.05, 3.63) is 30.0 Å². The molecule has 2 N–H and O–H groups in total. The molecule has 3 rings (SSSR count). The summed E-state index contributed by atoms with van der Waals surface area (Å²) in [6, 6.07) is 10.5. The van der Waals surface area contributed by atoms with E-state index >= 15 is 0 Å². The molecular formula is C16H19N5. The van der Waals surface area contributed by atoms with Gasteiger partial charge in [0, 0.05) is 18.0 Å². The standard InChI is InChI=1S/C16H19N5/c17-9-8-12-5-3-4-10-21(12)16-13-6-1-2-7-14(13)19-20-15(16)11-18/h1-2,6-7,12H,3-5,8-10,17H2. The average molecular weight is 281 g/mol. The number of nitrogens with two attached hydrogens (primary N) is 1. The molecule has 1 aromatic carbocycles. The van der Waals surface area contributed by atoms with Crippen LogP contribution in [-0.4, -0.2) is 29.3 Å². The van der Waals surface area contributed by atoms with Crippen molar-refractivity contribution in [1.29, 1.82) is 5.26 Å². The van der Waals surface area contributed by atoms with E-state index < -0.39 is 0 Å². The van der Waals surface area contributed by atoms with E-state index in [0.717, 1.165) is 42.4 Å². The quantitative estimate of drug-likeness (QED) is 0.933. The number of rotatable bonds is 3. The smallest absolute Gasteiger partial charge is 0.187 e. The van der Waals surface area contributed by atoms with Crippen LogP contribution in [0.2, 0.25) is 0 Å². The molecule has 21 heavy (non-hydrogen) atoms. The number of piperidine rings is 1. The molecule has 108 valence electrons. The Balaban J connectivity index is 2.14. The number of aromatic nitrogens is 2. The molecule has 1 unspecified atom stereocenters. The summed E-state index contributed by atoms with van der Waals surface area (Å²) in [5.74, 6) is 0. The monoisotopic (exact) mass is 281 g/mol. The summed E-state index contributed by atoms with van der Waals surface area (Å²) in [6.45, 7) is 1.62. The number of nitrogens with zero attached hydrogens (tertiary/aromatic N) is 4. The molecule has 0 spiro atoms. The Labute approximate surface area is 124 Å². The summed E-state index contributed by atoms with van der Waals surface area (Å²) in [5, 5.41) is 18.7. The molecule has 1 aromatic heterocycles. The number of fused-ring (bicyclic) bond motifs is 1. The van der Waals surface area contributed by atoms with Crippen molar-refractivity contribution >= 4 is 16.6 Å². The fourth-order valence-corrected chi connectivity index (χ4v) is 3.19. The average Bonchev–Trinajstić information content (AvgIpc) is 2.55. The van der Waals surface area contributed by atoms with Crippen LogP contribution in [0.1, 0.15) is 31.4 Å². The van der Waals surface area contributed by atoms with E-state index in [-0.39, 0.29) is 0 Å². The second kappa shape index (κ2) is 6.06. The van der Waals surface area contributed by atoms with Gasteiger partial charge in [-0.3, -0.25) is 0 Å². The minimum Gasteiger partial charge on any atom is -0.366 e. The molecule has 1 aliphatic rings. The zero-order valence-electron chi connectivity index (χ0n) is 12.0. The van der Waals surface area contributed by atoms with Gasteiger partial charge in [-0.05, 0) is 38.3 Å². The van der Waals surface area contributed by atoms with Crippen molar-refractivity contribution in [2.45, 2.75) is 31.7 Å². The van der Waals surface area contributed by atoms with Gasteiger partial charge in [-0.15, -0.1) is 10.2 Å². The number of benzene rings is 1. The van der Waals surface area contributed by atoms with Crippen molar-refractivity contribution in [2.75, 3.05) is 18.0 Å². The Morgan fingerprint density at radius 3 is 2.95 bits per heavy atom. The van der Waals surface area contributed by atoms with Crippen LogP contribution in [0.5, 0.6) is 0 Å². The summed E-state index contributed by atoms with van der Waals surface area (Å²) in [5.41, 5.74) is 7.95. The van der Waals surface area contributed by atoms with Gasteiger partial charge >= 0.3 is 0 Å². The summed E-state index contributed by atoms with van der Waals surface area (Å²) < 4.78 is 0. The highest BCUT2D eigenvalue weighted by molar-refractivity contribution is 5.93. The minimum atomic E-state index is 0.392. The maximum atomic E-state index is 9.42. The van der Waals surface area contributed by atoms with Gasteiger partial charge in [0.2, 0.25) is 0 Å². The van der Waals surface area contributed by atoms with E-state index in [1.807, 2.05) is 24.3 Å². The van der Waals surface area contributed by atoms with Gasteiger partial charge < -0.3 is 10.6 Å². The Hall–Kier alpha value is -2.19. The number of nitriles is 1. The van der Waals surface area contributed by atoms with E-state index in [4.69, 9.17) is 5.73 Å². The fraction of sp³-hybridized carbons (Fsp3) is 0.438. The fourth-order valence-electron chi connectivity index (χ4n) is 3.19. The van der Waals surface area contributed by atoms with Crippen LogP contribution in [0.4, 0.5) is 5.69 Å². The van der Waals surface area contributed by atoms with Crippen molar-refractivity contribution in [2.24, 2.45) is 5.73 Å². The molecule has 2 heterocycles. The molecule has 0 radical (unpaired) electrons. The van der Waals surface area contributed by atoms with Crippen molar-refractivity contribution in [3.8, 4) is 6.07 Å². The zero-order valence-corrected chi connectivity index (χ0v) is 12.0. The molecule has 0 bridgehead atoms. The summed E-state index contributed by atoms with van der Waals surface area (Å²) >= 11 is 0. The minimum absolute atomic E-state index is 0.392. The molecule has 0 aliphatic carbocycles. The number of hydrogen-bond donors (Lipinski definition) is 1.